The molecular formula is C21H25N7O3S. The molecule has 11 heteroatoms. The number of fused-ring (bicyclic) bond motifs is 1. The molecule has 0 radical (unpaired) electrons. The SMILES string of the molecule is COc1ccc(N2C=C(Nc3cc(C)[nH]n3)n3cc(C)nc3C2)cc1NS(=O)(=O)C1CC1. The van der Waals surface area contributed by atoms with Gasteiger partial charge in [0.1, 0.15) is 17.4 Å². The average molecular weight is 456 g/mol. The summed E-state index contributed by atoms with van der Waals surface area (Å²) in [7, 11) is -1.89. The predicted molar refractivity (Wildman–Crippen MR) is 123 cm³/mol. The van der Waals surface area contributed by atoms with E-state index in [4.69, 9.17) is 4.74 Å². The Morgan fingerprint density at radius 2 is 2.03 bits per heavy atom. The lowest BCUT2D eigenvalue weighted by molar-refractivity contribution is 0.417. The number of aryl methyl sites for hydroxylation is 2. The molecule has 0 unspecified atom stereocenters. The Labute approximate surface area is 186 Å². The van der Waals surface area contributed by atoms with Crippen molar-refractivity contribution < 1.29 is 13.2 Å². The van der Waals surface area contributed by atoms with Gasteiger partial charge >= 0.3 is 0 Å². The fourth-order valence-corrected chi connectivity index (χ4v) is 5.11. The van der Waals surface area contributed by atoms with Crippen LogP contribution in [0.3, 0.4) is 0 Å². The van der Waals surface area contributed by atoms with Crippen molar-refractivity contribution in [1.29, 1.82) is 0 Å². The number of benzene rings is 1. The Hall–Kier alpha value is -3.47. The van der Waals surface area contributed by atoms with E-state index in [2.05, 4.69) is 25.2 Å². The maximum Gasteiger partial charge on any atom is 0.235 e. The summed E-state index contributed by atoms with van der Waals surface area (Å²) in [6, 6.07) is 7.37. The van der Waals surface area contributed by atoms with E-state index in [1.807, 2.05) is 47.8 Å². The standard InChI is InChI=1S/C21H25N7O3S/c1-13-8-19(25-24-13)23-21-12-27(11-20-22-14(2)10-28(20)21)15-4-7-18(31-3)17(9-15)26-32(29,30)16-5-6-16/h4,7-10,12,16,26H,5-6,11H2,1-3H3,(H2,23,24,25). The molecule has 1 aromatic carbocycles. The molecule has 0 amide bonds. The Bertz CT molecular complexity index is 1300. The lowest BCUT2D eigenvalue weighted by Crippen LogP contribution is -2.27. The van der Waals surface area contributed by atoms with Gasteiger partial charge in [-0.2, -0.15) is 5.10 Å². The maximum atomic E-state index is 12.5. The van der Waals surface area contributed by atoms with Gasteiger partial charge in [0.15, 0.2) is 5.82 Å². The quantitative estimate of drug-likeness (QED) is 0.501. The fraction of sp³-hybridized carbons (Fsp3) is 0.333. The van der Waals surface area contributed by atoms with Crippen LogP contribution in [0.2, 0.25) is 0 Å². The van der Waals surface area contributed by atoms with Crippen LogP contribution in [0.5, 0.6) is 5.75 Å². The lowest BCUT2D eigenvalue weighted by atomic mass is 10.2. The predicted octanol–water partition coefficient (Wildman–Crippen LogP) is 3.02. The highest BCUT2D eigenvalue weighted by molar-refractivity contribution is 7.93. The van der Waals surface area contributed by atoms with Gasteiger partial charge in [-0.05, 0) is 44.9 Å². The van der Waals surface area contributed by atoms with Crippen molar-refractivity contribution in [3.05, 3.63) is 53.9 Å². The van der Waals surface area contributed by atoms with Gasteiger partial charge in [-0.15, -0.1) is 0 Å². The number of sulfonamides is 1. The fourth-order valence-electron chi connectivity index (χ4n) is 3.72. The van der Waals surface area contributed by atoms with Crippen LogP contribution in [0.4, 0.5) is 17.2 Å². The number of anilines is 3. The number of aromatic amines is 1. The second kappa shape index (κ2) is 7.59. The first-order valence-electron chi connectivity index (χ1n) is 10.3. The first-order valence-corrected chi connectivity index (χ1v) is 11.9. The van der Waals surface area contributed by atoms with Crippen LogP contribution in [0.15, 0.2) is 36.7 Å². The van der Waals surface area contributed by atoms with Gasteiger partial charge in [0.2, 0.25) is 10.0 Å². The van der Waals surface area contributed by atoms with Gasteiger partial charge in [0, 0.05) is 29.8 Å². The third kappa shape index (κ3) is 3.91. The van der Waals surface area contributed by atoms with Crippen LogP contribution in [0.1, 0.15) is 30.1 Å². The highest BCUT2D eigenvalue weighted by atomic mass is 32.2. The molecule has 1 aliphatic heterocycles. The number of aromatic nitrogens is 4. The minimum atomic E-state index is -3.42. The van der Waals surface area contributed by atoms with Crippen molar-refractivity contribution in [2.75, 3.05) is 22.0 Å². The van der Waals surface area contributed by atoms with Crippen LogP contribution < -0.4 is 19.7 Å². The molecule has 168 valence electrons. The number of hydrogen-bond donors (Lipinski definition) is 3. The molecule has 0 bridgehead atoms. The van der Waals surface area contributed by atoms with Crippen LogP contribution in [-0.4, -0.2) is 40.5 Å². The van der Waals surface area contributed by atoms with Gasteiger partial charge in [0.25, 0.3) is 0 Å². The van der Waals surface area contributed by atoms with Gasteiger partial charge in [-0.3, -0.25) is 14.4 Å². The number of H-pyrrole nitrogens is 1. The van der Waals surface area contributed by atoms with Gasteiger partial charge in [-0.1, -0.05) is 0 Å². The van der Waals surface area contributed by atoms with E-state index >= 15 is 0 Å². The summed E-state index contributed by atoms with van der Waals surface area (Å²) in [5, 5.41) is 10.2. The molecule has 3 N–H and O–H groups in total. The van der Waals surface area contributed by atoms with Crippen molar-refractivity contribution in [2.45, 2.75) is 38.5 Å². The van der Waals surface area contributed by atoms with E-state index in [-0.39, 0.29) is 5.25 Å². The maximum absolute atomic E-state index is 12.5. The smallest absolute Gasteiger partial charge is 0.235 e. The molecule has 0 atom stereocenters. The molecule has 0 spiro atoms. The van der Waals surface area contributed by atoms with Gasteiger partial charge < -0.3 is 15.0 Å². The first kappa shape index (κ1) is 20.4. The molecule has 1 saturated carbocycles. The van der Waals surface area contributed by atoms with Crippen LogP contribution >= 0.6 is 0 Å². The summed E-state index contributed by atoms with van der Waals surface area (Å²) in [6.07, 6.45) is 5.30. The van der Waals surface area contributed by atoms with Crippen LogP contribution in [0.25, 0.3) is 5.82 Å². The zero-order chi connectivity index (χ0) is 22.5. The summed E-state index contributed by atoms with van der Waals surface area (Å²) < 4.78 is 35.1. The largest absolute Gasteiger partial charge is 0.495 e. The summed E-state index contributed by atoms with van der Waals surface area (Å²) in [4.78, 5) is 6.66. The number of rotatable bonds is 7. The Morgan fingerprint density at radius 3 is 2.72 bits per heavy atom. The summed E-state index contributed by atoms with van der Waals surface area (Å²) in [5.74, 6) is 2.81. The number of ether oxygens (including phenoxy) is 1. The molecule has 0 saturated heterocycles. The summed E-state index contributed by atoms with van der Waals surface area (Å²) in [6.45, 7) is 4.41. The van der Waals surface area contributed by atoms with Gasteiger partial charge in [-0.25, -0.2) is 13.4 Å². The number of nitrogens with one attached hydrogen (secondary N) is 3. The second-order valence-corrected chi connectivity index (χ2v) is 10.1. The van der Waals surface area contributed by atoms with Gasteiger partial charge in [0.05, 0.1) is 30.3 Å². The molecule has 1 fully saturated rings. The molecule has 1 aliphatic carbocycles. The Balaban J connectivity index is 1.50. The molecule has 2 aliphatic rings. The third-order valence-corrected chi connectivity index (χ3v) is 7.29. The minimum Gasteiger partial charge on any atom is -0.495 e. The Morgan fingerprint density at radius 1 is 1.22 bits per heavy atom. The molecule has 10 nitrogen and oxygen atoms in total. The highest BCUT2D eigenvalue weighted by Crippen LogP contribution is 2.36. The first-order chi connectivity index (χ1) is 15.3. The van der Waals surface area contributed by atoms with E-state index in [1.165, 1.54) is 7.11 Å². The normalized spacial score (nSPS) is 15.8. The van der Waals surface area contributed by atoms with Crippen molar-refractivity contribution in [3.8, 4) is 5.75 Å². The zero-order valence-electron chi connectivity index (χ0n) is 18.1. The van der Waals surface area contributed by atoms with E-state index in [0.717, 1.165) is 28.7 Å². The van der Waals surface area contributed by atoms with E-state index in [0.29, 0.717) is 36.6 Å². The minimum absolute atomic E-state index is 0.325. The van der Waals surface area contributed by atoms with Crippen molar-refractivity contribution in [2.24, 2.45) is 0 Å². The van der Waals surface area contributed by atoms with E-state index in [9.17, 15) is 8.42 Å². The molecule has 5 rings (SSSR count). The lowest BCUT2D eigenvalue weighted by Gasteiger charge is -2.28. The molecule has 3 aromatic rings. The van der Waals surface area contributed by atoms with E-state index < -0.39 is 10.0 Å². The summed E-state index contributed by atoms with van der Waals surface area (Å²) >= 11 is 0. The second-order valence-electron chi connectivity index (χ2n) is 8.10. The highest BCUT2D eigenvalue weighted by Gasteiger charge is 2.36. The number of imidazole rings is 1. The number of nitrogens with zero attached hydrogens (tertiary/aromatic N) is 4. The third-order valence-electron chi connectivity index (χ3n) is 5.44. The average Bonchev–Trinajstić information content (AvgIpc) is 3.44. The Kier molecular flexibility index (Phi) is 4.85. The molecule has 2 aromatic heterocycles. The van der Waals surface area contributed by atoms with Crippen LogP contribution in [0, 0.1) is 13.8 Å². The monoisotopic (exact) mass is 455 g/mol. The summed E-state index contributed by atoms with van der Waals surface area (Å²) in [5.41, 5.74) is 3.09. The van der Waals surface area contributed by atoms with E-state index in [1.54, 1.807) is 12.1 Å². The molecular weight excluding hydrogens is 430 g/mol. The number of methoxy groups -OCH3 is 1. The zero-order valence-corrected chi connectivity index (χ0v) is 18.9. The van der Waals surface area contributed by atoms with Crippen LogP contribution in [-0.2, 0) is 16.6 Å². The molecule has 32 heavy (non-hydrogen) atoms. The number of hydrogen-bond acceptors (Lipinski definition) is 7. The topological polar surface area (TPSA) is 117 Å². The van der Waals surface area contributed by atoms with Crippen molar-refractivity contribution >= 4 is 33.0 Å². The molecule has 3 heterocycles. The van der Waals surface area contributed by atoms with Crippen molar-refractivity contribution in [3.63, 3.8) is 0 Å². The van der Waals surface area contributed by atoms with Crippen molar-refractivity contribution in [1.82, 2.24) is 19.7 Å².